The van der Waals surface area contributed by atoms with Crippen molar-refractivity contribution in [2.24, 2.45) is 5.92 Å². The van der Waals surface area contributed by atoms with Gasteiger partial charge in [0.1, 0.15) is 17.2 Å². The second-order valence-corrected chi connectivity index (χ2v) is 8.39. The first-order valence-corrected chi connectivity index (χ1v) is 8.70. The fourth-order valence-corrected chi connectivity index (χ4v) is 2.71. The lowest BCUT2D eigenvalue weighted by Crippen LogP contribution is -2.46. The van der Waals surface area contributed by atoms with Crippen LogP contribution in [0.4, 0.5) is 4.79 Å². The molecule has 0 saturated carbocycles. The molecule has 0 aromatic rings. The van der Waals surface area contributed by atoms with Crippen molar-refractivity contribution in [1.82, 2.24) is 4.90 Å². The Hall–Kier alpha value is -2.38. The van der Waals surface area contributed by atoms with Gasteiger partial charge in [-0.25, -0.2) is 9.59 Å². The predicted octanol–water partition coefficient (Wildman–Crippen LogP) is 2.60. The molecule has 1 heterocycles. The summed E-state index contributed by atoms with van der Waals surface area (Å²) in [5.41, 5.74) is -1.35. The van der Waals surface area contributed by atoms with Crippen molar-refractivity contribution in [2.45, 2.75) is 72.1 Å². The number of amides is 1. The summed E-state index contributed by atoms with van der Waals surface area (Å²) in [6.07, 6.45) is 0.206. The summed E-state index contributed by atoms with van der Waals surface area (Å²) in [5, 5.41) is 0. The van der Waals surface area contributed by atoms with Crippen molar-refractivity contribution >= 4 is 23.8 Å². The number of Topliss-reactive ketones (excluding diaryl/α,β-unsaturated/α-hetero) is 1. The van der Waals surface area contributed by atoms with Crippen LogP contribution in [0.25, 0.3) is 0 Å². The zero-order chi connectivity index (χ0) is 21.2. The van der Waals surface area contributed by atoms with E-state index in [1.54, 1.807) is 41.5 Å². The van der Waals surface area contributed by atoms with Crippen LogP contribution in [0, 0.1) is 5.92 Å². The van der Waals surface area contributed by atoms with Crippen molar-refractivity contribution in [1.29, 1.82) is 0 Å². The van der Waals surface area contributed by atoms with Gasteiger partial charge in [-0.15, -0.1) is 0 Å². The van der Waals surface area contributed by atoms with E-state index in [1.165, 1.54) is 20.2 Å². The first kappa shape index (κ1) is 22.7. The molecule has 27 heavy (non-hydrogen) atoms. The third-order valence-corrected chi connectivity index (χ3v) is 3.62. The third kappa shape index (κ3) is 6.37. The Balaban J connectivity index is 3.23. The van der Waals surface area contributed by atoms with Gasteiger partial charge in [0.25, 0.3) is 0 Å². The molecule has 0 N–H and O–H groups in total. The van der Waals surface area contributed by atoms with Gasteiger partial charge in [-0.05, 0) is 48.5 Å². The van der Waals surface area contributed by atoms with Crippen LogP contribution in [-0.4, -0.2) is 53.1 Å². The fourth-order valence-electron chi connectivity index (χ4n) is 2.71. The van der Waals surface area contributed by atoms with Gasteiger partial charge >= 0.3 is 18.0 Å². The zero-order valence-corrected chi connectivity index (χ0v) is 17.2. The molecule has 0 aliphatic carbocycles. The number of esters is 2. The molecule has 8 nitrogen and oxygen atoms in total. The molecule has 1 amide bonds. The maximum atomic E-state index is 12.5. The average molecular weight is 383 g/mol. The van der Waals surface area contributed by atoms with Crippen molar-refractivity contribution in [3.05, 3.63) is 11.8 Å². The van der Waals surface area contributed by atoms with Gasteiger partial charge in [-0.1, -0.05) is 0 Å². The van der Waals surface area contributed by atoms with Crippen molar-refractivity contribution in [2.75, 3.05) is 7.11 Å². The van der Waals surface area contributed by atoms with Crippen molar-refractivity contribution in [3.63, 3.8) is 0 Å². The lowest BCUT2D eigenvalue weighted by Gasteiger charge is -2.29. The molecule has 0 radical (unpaired) electrons. The molecular formula is C19H29NO7. The topological polar surface area (TPSA) is 99.2 Å². The molecule has 0 bridgehead atoms. The van der Waals surface area contributed by atoms with Crippen molar-refractivity contribution in [3.8, 4) is 0 Å². The molecule has 1 rings (SSSR count). The SMILES string of the molecule is COC(=O)[C@@H]1[C@@H](CC(=O)OC(C)(C)C)C(C(C)=O)=CN1C(=O)OC(C)(C)C. The number of carbonyl (C=O) groups is 4. The number of ketones is 1. The number of ether oxygens (including phenoxy) is 3. The van der Waals surface area contributed by atoms with E-state index in [0.29, 0.717) is 0 Å². The number of rotatable bonds is 4. The summed E-state index contributed by atoms with van der Waals surface area (Å²) in [7, 11) is 1.17. The maximum absolute atomic E-state index is 12.5. The Morgan fingerprint density at radius 3 is 1.93 bits per heavy atom. The predicted molar refractivity (Wildman–Crippen MR) is 96.6 cm³/mol. The Morgan fingerprint density at radius 1 is 1.00 bits per heavy atom. The summed E-state index contributed by atoms with van der Waals surface area (Å²) < 4.78 is 15.4. The van der Waals surface area contributed by atoms with E-state index in [-0.39, 0.29) is 17.8 Å². The van der Waals surface area contributed by atoms with Gasteiger partial charge in [0.15, 0.2) is 5.78 Å². The van der Waals surface area contributed by atoms with Gasteiger partial charge in [-0.3, -0.25) is 14.5 Å². The molecule has 1 aliphatic rings. The van der Waals surface area contributed by atoms with E-state index in [2.05, 4.69) is 0 Å². The summed E-state index contributed by atoms with van der Waals surface area (Å²) in [4.78, 5) is 50.3. The van der Waals surface area contributed by atoms with Crippen LogP contribution in [-0.2, 0) is 28.6 Å². The minimum absolute atomic E-state index is 0.169. The second-order valence-electron chi connectivity index (χ2n) is 8.39. The van der Waals surface area contributed by atoms with Crippen LogP contribution in [0.2, 0.25) is 0 Å². The first-order valence-electron chi connectivity index (χ1n) is 8.70. The van der Waals surface area contributed by atoms with Crippen LogP contribution in [0.3, 0.4) is 0 Å². The molecule has 1 aliphatic heterocycles. The lowest BCUT2D eigenvalue weighted by atomic mass is 9.89. The van der Waals surface area contributed by atoms with Crippen LogP contribution in [0.1, 0.15) is 54.9 Å². The molecule has 2 atom stereocenters. The van der Waals surface area contributed by atoms with E-state index < -0.39 is 41.2 Å². The average Bonchev–Trinajstić information content (AvgIpc) is 2.82. The van der Waals surface area contributed by atoms with Gasteiger partial charge in [0.2, 0.25) is 0 Å². The normalized spacial score (nSPS) is 20.0. The Labute approximate surface area is 159 Å². The second kappa shape index (κ2) is 8.10. The summed E-state index contributed by atoms with van der Waals surface area (Å²) in [6.45, 7) is 11.5. The van der Waals surface area contributed by atoms with E-state index in [1.807, 2.05) is 0 Å². The van der Waals surface area contributed by atoms with E-state index in [4.69, 9.17) is 14.2 Å². The van der Waals surface area contributed by atoms with E-state index in [0.717, 1.165) is 4.90 Å². The highest BCUT2D eigenvalue weighted by Gasteiger charge is 2.47. The quantitative estimate of drug-likeness (QED) is 0.543. The Bertz CT molecular complexity index is 652. The largest absolute Gasteiger partial charge is 0.467 e. The van der Waals surface area contributed by atoms with E-state index >= 15 is 0 Å². The highest BCUT2D eigenvalue weighted by Crippen LogP contribution is 2.34. The molecule has 8 heteroatoms. The zero-order valence-electron chi connectivity index (χ0n) is 17.2. The fraction of sp³-hybridized carbons (Fsp3) is 0.684. The summed E-state index contributed by atoms with van der Waals surface area (Å²) >= 11 is 0. The van der Waals surface area contributed by atoms with Gasteiger partial charge in [-0.2, -0.15) is 0 Å². The number of methoxy groups -OCH3 is 1. The highest BCUT2D eigenvalue weighted by atomic mass is 16.6. The number of nitrogens with zero attached hydrogens (tertiary/aromatic N) is 1. The van der Waals surface area contributed by atoms with Crippen LogP contribution >= 0.6 is 0 Å². The smallest absolute Gasteiger partial charge is 0.415 e. The van der Waals surface area contributed by atoms with Crippen LogP contribution in [0.5, 0.6) is 0 Å². The van der Waals surface area contributed by atoms with E-state index in [9.17, 15) is 19.2 Å². The molecule has 0 unspecified atom stereocenters. The number of hydrogen-bond acceptors (Lipinski definition) is 7. The van der Waals surface area contributed by atoms with Gasteiger partial charge in [0, 0.05) is 17.7 Å². The summed E-state index contributed by atoms with van der Waals surface area (Å²) in [6, 6.07) is -1.18. The molecule has 152 valence electrons. The number of hydrogen-bond donors (Lipinski definition) is 0. The molecule has 0 aromatic heterocycles. The summed E-state index contributed by atoms with van der Waals surface area (Å²) in [5.74, 6) is -2.57. The minimum atomic E-state index is -1.18. The minimum Gasteiger partial charge on any atom is -0.467 e. The maximum Gasteiger partial charge on any atom is 0.415 e. The van der Waals surface area contributed by atoms with Crippen molar-refractivity contribution < 1.29 is 33.4 Å². The van der Waals surface area contributed by atoms with Crippen LogP contribution < -0.4 is 0 Å². The standard InChI is InChI=1S/C19H29NO7/c1-11(21)13-10-20(17(24)27-19(5,6)7)15(16(23)25-8)12(13)9-14(22)26-18(2,3)4/h10,12,15H,9H2,1-8H3/t12-,15-/m0/s1. The Kier molecular flexibility index (Phi) is 6.80. The lowest BCUT2D eigenvalue weighted by molar-refractivity contribution is -0.157. The molecule has 0 aromatic carbocycles. The highest BCUT2D eigenvalue weighted by molar-refractivity contribution is 5.98. The third-order valence-electron chi connectivity index (χ3n) is 3.62. The van der Waals surface area contributed by atoms with Gasteiger partial charge in [0.05, 0.1) is 13.5 Å². The molecule has 0 spiro atoms. The number of carbonyl (C=O) groups excluding carboxylic acids is 4. The molecule has 0 fully saturated rings. The molecule has 0 saturated heterocycles. The Morgan fingerprint density at radius 2 is 1.52 bits per heavy atom. The van der Waals surface area contributed by atoms with Crippen LogP contribution in [0.15, 0.2) is 11.8 Å². The molecular weight excluding hydrogens is 354 g/mol. The monoisotopic (exact) mass is 383 g/mol. The van der Waals surface area contributed by atoms with Gasteiger partial charge < -0.3 is 14.2 Å². The first-order chi connectivity index (χ1) is 12.2.